The number of rotatable bonds is 7. The first kappa shape index (κ1) is 14.7. The average Bonchev–Trinajstić information content (AvgIpc) is 2.71. The molecule has 8 heteroatoms. The largest absolute Gasteiger partial charge is 0.480 e. The van der Waals surface area contributed by atoms with Crippen LogP contribution in [0.3, 0.4) is 0 Å². The maximum absolute atomic E-state index is 11.9. The van der Waals surface area contributed by atoms with Crippen molar-refractivity contribution < 1.29 is 18.3 Å². The molecule has 0 amide bonds. The topological polar surface area (TPSA) is 101 Å². The summed E-state index contributed by atoms with van der Waals surface area (Å²) in [6.07, 6.45) is 4.22. The summed E-state index contributed by atoms with van der Waals surface area (Å²) in [5.41, 5.74) is 0. The summed E-state index contributed by atoms with van der Waals surface area (Å²) in [5, 5.41) is 12.7. The number of carboxylic acids is 1. The van der Waals surface area contributed by atoms with Gasteiger partial charge in [0.2, 0.25) is 10.0 Å². The first-order valence-electron chi connectivity index (χ1n) is 5.60. The fourth-order valence-corrected chi connectivity index (χ4v) is 2.64. The van der Waals surface area contributed by atoms with Crippen LogP contribution in [0.5, 0.6) is 0 Å². The molecular formula is C10H17N3O4S. The maximum Gasteiger partial charge on any atom is 0.321 e. The van der Waals surface area contributed by atoms with Gasteiger partial charge in [-0.05, 0) is 6.42 Å². The number of hydrogen-bond donors (Lipinski definition) is 2. The molecule has 18 heavy (non-hydrogen) atoms. The molecule has 1 unspecified atom stereocenters. The van der Waals surface area contributed by atoms with Crippen molar-refractivity contribution in [1.29, 1.82) is 0 Å². The quantitative estimate of drug-likeness (QED) is 0.747. The first-order chi connectivity index (χ1) is 8.36. The van der Waals surface area contributed by atoms with Crippen LogP contribution in [0.4, 0.5) is 0 Å². The van der Waals surface area contributed by atoms with E-state index in [1.165, 1.54) is 17.1 Å². The average molecular weight is 275 g/mol. The van der Waals surface area contributed by atoms with Crippen LogP contribution in [-0.4, -0.2) is 35.3 Å². The predicted molar refractivity (Wildman–Crippen MR) is 64.5 cm³/mol. The number of aliphatic carboxylic acids is 1. The third kappa shape index (κ3) is 3.81. The van der Waals surface area contributed by atoms with Crippen LogP contribution in [-0.2, 0) is 21.9 Å². The fraction of sp³-hybridized carbons (Fsp3) is 0.600. The molecule has 1 rings (SSSR count). The van der Waals surface area contributed by atoms with Crippen LogP contribution in [0, 0.1) is 0 Å². The molecule has 1 heterocycles. The lowest BCUT2D eigenvalue weighted by molar-refractivity contribution is -0.139. The van der Waals surface area contributed by atoms with Gasteiger partial charge in [0.25, 0.3) is 0 Å². The van der Waals surface area contributed by atoms with Crippen LogP contribution in [0.25, 0.3) is 0 Å². The van der Waals surface area contributed by atoms with Crippen molar-refractivity contribution in [2.24, 2.45) is 7.05 Å². The number of sulfonamides is 1. The lowest BCUT2D eigenvalue weighted by atomic mass is 10.1. The zero-order chi connectivity index (χ0) is 13.8. The molecule has 1 aromatic rings. The van der Waals surface area contributed by atoms with E-state index in [1.807, 2.05) is 6.92 Å². The van der Waals surface area contributed by atoms with Crippen LogP contribution in [0.15, 0.2) is 17.3 Å². The van der Waals surface area contributed by atoms with Crippen molar-refractivity contribution in [1.82, 2.24) is 14.5 Å². The molecule has 0 fully saturated rings. The van der Waals surface area contributed by atoms with Gasteiger partial charge < -0.3 is 5.11 Å². The van der Waals surface area contributed by atoms with Gasteiger partial charge >= 0.3 is 5.97 Å². The lowest BCUT2D eigenvalue weighted by Gasteiger charge is -2.13. The highest BCUT2D eigenvalue weighted by Crippen LogP contribution is 2.09. The SMILES string of the molecule is CCCCC(NS(=O)(=O)c1cnn(C)c1)C(=O)O. The molecule has 7 nitrogen and oxygen atoms in total. The van der Waals surface area contributed by atoms with Crippen LogP contribution in [0.2, 0.25) is 0 Å². The molecule has 0 saturated carbocycles. The zero-order valence-corrected chi connectivity index (χ0v) is 11.1. The molecule has 0 saturated heterocycles. The Morgan fingerprint density at radius 1 is 1.61 bits per heavy atom. The van der Waals surface area contributed by atoms with Gasteiger partial charge in [-0.1, -0.05) is 19.8 Å². The van der Waals surface area contributed by atoms with E-state index in [9.17, 15) is 13.2 Å². The van der Waals surface area contributed by atoms with Crippen molar-refractivity contribution >= 4 is 16.0 Å². The van der Waals surface area contributed by atoms with E-state index in [1.54, 1.807) is 7.05 Å². The molecule has 0 aromatic carbocycles. The molecule has 0 bridgehead atoms. The monoisotopic (exact) mass is 275 g/mol. The van der Waals surface area contributed by atoms with Crippen molar-refractivity contribution in [3.63, 3.8) is 0 Å². The number of aromatic nitrogens is 2. The van der Waals surface area contributed by atoms with Gasteiger partial charge in [-0.2, -0.15) is 9.82 Å². The lowest BCUT2D eigenvalue weighted by Crippen LogP contribution is -2.40. The molecule has 2 N–H and O–H groups in total. The van der Waals surface area contributed by atoms with E-state index >= 15 is 0 Å². The number of carboxylic acid groups (broad SMARTS) is 1. The van der Waals surface area contributed by atoms with E-state index in [-0.39, 0.29) is 11.3 Å². The Balaban J connectivity index is 2.82. The molecule has 1 atom stereocenters. The summed E-state index contributed by atoms with van der Waals surface area (Å²) in [4.78, 5) is 10.9. The van der Waals surface area contributed by atoms with Gasteiger partial charge in [0.1, 0.15) is 10.9 Å². The second-order valence-corrected chi connectivity index (χ2v) is 5.72. The van der Waals surface area contributed by atoms with Gasteiger partial charge in [0.15, 0.2) is 0 Å². The van der Waals surface area contributed by atoms with Gasteiger partial charge in [0.05, 0.1) is 6.20 Å². The number of hydrogen-bond acceptors (Lipinski definition) is 4. The minimum Gasteiger partial charge on any atom is -0.480 e. The minimum atomic E-state index is -3.83. The summed E-state index contributed by atoms with van der Waals surface area (Å²) >= 11 is 0. The summed E-state index contributed by atoms with van der Waals surface area (Å²) in [5.74, 6) is -1.17. The fourth-order valence-electron chi connectivity index (χ4n) is 1.43. The van der Waals surface area contributed by atoms with Crippen molar-refractivity contribution in [2.45, 2.75) is 37.1 Å². The van der Waals surface area contributed by atoms with Crippen LogP contribution < -0.4 is 4.72 Å². The second kappa shape index (κ2) is 5.96. The number of carbonyl (C=O) groups is 1. The predicted octanol–water partition coefficient (Wildman–Crippen LogP) is 0.342. The van der Waals surface area contributed by atoms with E-state index < -0.39 is 22.0 Å². The van der Waals surface area contributed by atoms with Crippen molar-refractivity contribution in [3.05, 3.63) is 12.4 Å². The van der Waals surface area contributed by atoms with Crippen LogP contribution in [0.1, 0.15) is 26.2 Å². The van der Waals surface area contributed by atoms with E-state index in [2.05, 4.69) is 9.82 Å². The van der Waals surface area contributed by atoms with Crippen molar-refractivity contribution in [3.8, 4) is 0 Å². The van der Waals surface area contributed by atoms with E-state index in [4.69, 9.17) is 5.11 Å². The van der Waals surface area contributed by atoms with Gasteiger partial charge in [-0.25, -0.2) is 8.42 Å². The number of nitrogens with zero attached hydrogens (tertiary/aromatic N) is 2. The molecule has 0 aliphatic heterocycles. The maximum atomic E-state index is 11.9. The van der Waals surface area contributed by atoms with Crippen LogP contribution >= 0.6 is 0 Å². The molecular weight excluding hydrogens is 258 g/mol. The smallest absolute Gasteiger partial charge is 0.321 e. The standard InChI is InChI=1S/C10H17N3O4S/c1-3-4-5-9(10(14)15)12-18(16,17)8-6-11-13(2)7-8/h6-7,9,12H,3-5H2,1-2H3,(H,14,15). The Hall–Kier alpha value is -1.41. The Morgan fingerprint density at radius 3 is 2.72 bits per heavy atom. The van der Waals surface area contributed by atoms with Crippen molar-refractivity contribution in [2.75, 3.05) is 0 Å². The normalized spacial score (nSPS) is 13.4. The van der Waals surface area contributed by atoms with E-state index in [0.29, 0.717) is 6.42 Å². The highest BCUT2D eigenvalue weighted by atomic mass is 32.2. The molecule has 0 radical (unpaired) electrons. The van der Waals surface area contributed by atoms with Gasteiger partial charge in [-0.15, -0.1) is 0 Å². The summed E-state index contributed by atoms with van der Waals surface area (Å²) in [6.45, 7) is 1.91. The number of unbranched alkanes of at least 4 members (excludes halogenated alkanes) is 1. The summed E-state index contributed by atoms with van der Waals surface area (Å²) in [7, 11) is -2.24. The molecule has 102 valence electrons. The molecule has 0 aliphatic carbocycles. The van der Waals surface area contributed by atoms with Gasteiger partial charge in [0, 0.05) is 13.2 Å². The van der Waals surface area contributed by atoms with E-state index in [0.717, 1.165) is 6.42 Å². The molecule has 0 aliphatic rings. The molecule has 1 aromatic heterocycles. The number of aryl methyl sites for hydroxylation is 1. The molecule has 0 spiro atoms. The third-order valence-electron chi connectivity index (χ3n) is 2.43. The highest BCUT2D eigenvalue weighted by molar-refractivity contribution is 7.89. The third-order valence-corrected chi connectivity index (χ3v) is 3.86. The highest BCUT2D eigenvalue weighted by Gasteiger charge is 2.25. The summed E-state index contributed by atoms with van der Waals surface area (Å²) in [6, 6.07) is -1.10. The van der Waals surface area contributed by atoms with Gasteiger partial charge in [-0.3, -0.25) is 9.48 Å². The Morgan fingerprint density at radius 2 is 2.28 bits per heavy atom. The Kier molecular flexibility index (Phi) is 4.85. The Labute approximate surface area is 106 Å². The Bertz CT molecular complexity index is 509. The first-order valence-corrected chi connectivity index (χ1v) is 7.09. The number of nitrogens with one attached hydrogen (secondary N) is 1. The summed E-state index contributed by atoms with van der Waals surface area (Å²) < 4.78 is 27.3. The second-order valence-electron chi connectivity index (χ2n) is 4.00. The zero-order valence-electron chi connectivity index (χ0n) is 10.3. The minimum absolute atomic E-state index is 0.0345.